The molecule has 2 fully saturated rings. The van der Waals surface area contributed by atoms with E-state index < -0.39 is 0 Å². The summed E-state index contributed by atoms with van der Waals surface area (Å²) in [6, 6.07) is 4.98. The molecular weight excluding hydrogens is 216 g/mol. The first-order chi connectivity index (χ1) is 7.90. The lowest BCUT2D eigenvalue weighted by Crippen LogP contribution is -2.26. The molecule has 0 bridgehead atoms. The maximum absolute atomic E-state index is 3.74. The second-order valence-corrected chi connectivity index (χ2v) is 6.01. The summed E-state index contributed by atoms with van der Waals surface area (Å²) in [5, 5.41) is 9.38. The fourth-order valence-corrected chi connectivity index (χ4v) is 3.95. The van der Waals surface area contributed by atoms with Crippen LogP contribution in [0.1, 0.15) is 24.3 Å². The average Bonchev–Trinajstić information content (AvgIpc) is 2.80. The second-order valence-electron chi connectivity index (χ2n) is 5.03. The first-order valence-electron chi connectivity index (χ1n) is 6.37. The van der Waals surface area contributed by atoms with Gasteiger partial charge in [-0.1, -0.05) is 13.0 Å². The molecule has 3 heteroatoms. The Kier molecular flexibility index (Phi) is 3.01. The summed E-state index contributed by atoms with van der Waals surface area (Å²) in [6.45, 7) is 6.00. The van der Waals surface area contributed by atoms with Crippen molar-refractivity contribution in [2.24, 2.45) is 17.8 Å². The number of thiophene rings is 1. The second kappa shape index (κ2) is 4.47. The van der Waals surface area contributed by atoms with E-state index in [2.05, 4.69) is 35.1 Å². The summed E-state index contributed by atoms with van der Waals surface area (Å²) in [6.07, 6.45) is 1.20. The molecule has 2 N–H and O–H groups in total. The Hall–Kier alpha value is -0.380. The highest BCUT2D eigenvalue weighted by Crippen LogP contribution is 2.48. The molecule has 1 aliphatic heterocycles. The van der Waals surface area contributed by atoms with Crippen LogP contribution in [0.4, 0.5) is 0 Å². The molecule has 1 saturated heterocycles. The molecular formula is C13H20N2S. The van der Waals surface area contributed by atoms with Gasteiger partial charge in [0.1, 0.15) is 0 Å². The highest BCUT2D eigenvalue weighted by atomic mass is 32.1. The monoisotopic (exact) mass is 236 g/mol. The first-order valence-corrected chi connectivity index (χ1v) is 7.25. The summed E-state index contributed by atoms with van der Waals surface area (Å²) in [5.74, 6) is 2.91. The van der Waals surface area contributed by atoms with Gasteiger partial charge in [-0.3, -0.25) is 0 Å². The molecule has 1 aliphatic carbocycles. The van der Waals surface area contributed by atoms with Crippen molar-refractivity contribution in [3.05, 3.63) is 22.4 Å². The van der Waals surface area contributed by atoms with Crippen LogP contribution in [0.25, 0.3) is 0 Å². The van der Waals surface area contributed by atoms with Crippen LogP contribution < -0.4 is 10.6 Å². The summed E-state index contributed by atoms with van der Waals surface area (Å²) in [7, 11) is 0. The molecule has 2 nitrogen and oxygen atoms in total. The van der Waals surface area contributed by atoms with E-state index in [-0.39, 0.29) is 0 Å². The van der Waals surface area contributed by atoms with Gasteiger partial charge in [-0.15, -0.1) is 11.3 Å². The fraction of sp³-hybridized carbons (Fsp3) is 0.692. The largest absolute Gasteiger partial charge is 0.316 e. The molecule has 0 radical (unpaired) electrons. The maximum Gasteiger partial charge on any atom is 0.0412 e. The molecule has 3 rings (SSSR count). The molecule has 0 amide bonds. The van der Waals surface area contributed by atoms with Crippen molar-refractivity contribution in [3.8, 4) is 0 Å². The number of piperidine rings is 1. The SMILES string of the molecule is CCC(NCC1[C@H]2CNC[C@@H]12)c1cccs1. The standard InChI is InChI=1S/C13H20N2S/c1-2-12(13-4-3-5-16-13)15-8-11-9-6-14-7-10(9)11/h3-5,9-12,14-15H,2,6-8H2,1H3/t9-,10+,11?,12?. The van der Waals surface area contributed by atoms with Crippen molar-refractivity contribution in [3.63, 3.8) is 0 Å². The summed E-state index contributed by atoms with van der Waals surface area (Å²) < 4.78 is 0. The molecule has 2 aliphatic rings. The Balaban J connectivity index is 1.50. The quantitative estimate of drug-likeness (QED) is 0.819. The van der Waals surface area contributed by atoms with E-state index in [0.29, 0.717) is 6.04 Å². The molecule has 1 saturated carbocycles. The van der Waals surface area contributed by atoms with Crippen molar-refractivity contribution in [2.45, 2.75) is 19.4 Å². The highest BCUT2D eigenvalue weighted by molar-refractivity contribution is 7.10. The van der Waals surface area contributed by atoms with Crippen LogP contribution in [0, 0.1) is 17.8 Å². The van der Waals surface area contributed by atoms with Crippen LogP contribution in [-0.2, 0) is 0 Å². The van der Waals surface area contributed by atoms with Crippen LogP contribution in [0.5, 0.6) is 0 Å². The Morgan fingerprint density at radius 1 is 1.50 bits per heavy atom. The van der Waals surface area contributed by atoms with Gasteiger partial charge in [0.15, 0.2) is 0 Å². The van der Waals surface area contributed by atoms with Gasteiger partial charge in [0.2, 0.25) is 0 Å². The predicted octanol–water partition coefficient (Wildman–Crippen LogP) is 2.25. The molecule has 2 heterocycles. The molecule has 0 spiro atoms. The van der Waals surface area contributed by atoms with Gasteiger partial charge in [-0.25, -0.2) is 0 Å². The van der Waals surface area contributed by atoms with Gasteiger partial charge < -0.3 is 10.6 Å². The zero-order valence-electron chi connectivity index (χ0n) is 9.78. The Labute approximate surface area is 101 Å². The first kappa shape index (κ1) is 10.8. The fourth-order valence-electron chi connectivity index (χ4n) is 3.06. The molecule has 88 valence electrons. The Bertz CT molecular complexity index is 326. The molecule has 0 aromatic carbocycles. The summed E-state index contributed by atoms with van der Waals surface area (Å²) in [4.78, 5) is 1.49. The van der Waals surface area contributed by atoms with Crippen molar-refractivity contribution >= 4 is 11.3 Å². The van der Waals surface area contributed by atoms with Gasteiger partial charge in [0.25, 0.3) is 0 Å². The van der Waals surface area contributed by atoms with E-state index in [0.717, 1.165) is 17.8 Å². The summed E-state index contributed by atoms with van der Waals surface area (Å²) in [5.41, 5.74) is 0. The van der Waals surface area contributed by atoms with Crippen molar-refractivity contribution in [2.75, 3.05) is 19.6 Å². The summed E-state index contributed by atoms with van der Waals surface area (Å²) >= 11 is 1.87. The third kappa shape index (κ3) is 1.92. The predicted molar refractivity (Wildman–Crippen MR) is 68.7 cm³/mol. The van der Waals surface area contributed by atoms with Gasteiger partial charge in [0, 0.05) is 10.9 Å². The molecule has 1 aromatic heterocycles. The zero-order chi connectivity index (χ0) is 11.0. The van der Waals surface area contributed by atoms with Crippen LogP contribution in [-0.4, -0.2) is 19.6 Å². The van der Waals surface area contributed by atoms with Gasteiger partial charge in [-0.2, -0.15) is 0 Å². The molecule has 16 heavy (non-hydrogen) atoms. The minimum atomic E-state index is 0.578. The Morgan fingerprint density at radius 3 is 2.94 bits per heavy atom. The van der Waals surface area contributed by atoms with E-state index >= 15 is 0 Å². The van der Waals surface area contributed by atoms with Crippen LogP contribution in [0.2, 0.25) is 0 Å². The van der Waals surface area contributed by atoms with Gasteiger partial charge in [-0.05, 0) is 55.3 Å². The van der Waals surface area contributed by atoms with Gasteiger partial charge in [0.05, 0.1) is 0 Å². The van der Waals surface area contributed by atoms with E-state index in [9.17, 15) is 0 Å². The van der Waals surface area contributed by atoms with Crippen LogP contribution >= 0.6 is 11.3 Å². The number of rotatable bonds is 5. The van der Waals surface area contributed by atoms with E-state index in [1.807, 2.05) is 11.3 Å². The third-order valence-corrected chi connectivity index (χ3v) is 5.15. The van der Waals surface area contributed by atoms with Crippen molar-refractivity contribution < 1.29 is 0 Å². The molecule has 4 atom stereocenters. The van der Waals surface area contributed by atoms with Crippen LogP contribution in [0.15, 0.2) is 17.5 Å². The van der Waals surface area contributed by atoms with Crippen molar-refractivity contribution in [1.29, 1.82) is 0 Å². The van der Waals surface area contributed by atoms with E-state index in [4.69, 9.17) is 0 Å². The van der Waals surface area contributed by atoms with Gasteiger partial charge >= 0.3 is 0 Å². The van der Waals surface area contributed by atoms with E-state index in [1.54, 1.807) is 0 Å². The highest BCUT2D eigenvalue weighted by Gasteiger charge is 2.52. The minimum absolute atomic E-state index is 0.578. The molecule has 2 unspecified atom stereocenters. The van der Waals surface area contributed by atoms with E-state index in [1.165, 1.54) is 30.9 Å². The minimum Gasteiger partial charge on any atom is -0.316 e. The average molecular weight is 236 g/mol. The third-order valence-electron chi connectivity index (χ3n) is 4.16. The van der Waals surface area contributed by atoms with Crippen molar-refractivity contribution in [1.82, 2.24) is 10.6 Å². The maximum atomic E-state index is 3.74. The lowest BCUT2D eigenvalue weighted by Gasteiger charge is -2.16. The Morgan fingerprint density at radius 2 is 2.31 bits per heavy atom. The number of hydrogen-bond acceptors (Lipinski definition) is 3. The van der Waals surface area contributed by atoms with Crippen LogP contribution in [0.3, 0.4) is 0 Å². The number of fused-ring (bicyclic) bond motifs is 1. The normalized spacial score (nSPS) is 33.7. The smallest absolute Gasteiger partial charge is 0.0412 e. The lowest BCUT2D eigenvalue weighted by molar-refractivity contribution is 0.471. The number of hydrogen-bond donors (Lipinski definition) is 2. The lowest BCUT2D eigenvalue weighted by atomic mass is 10.1. The topological polar surface area (TPSA) is 24.1 Å². The number of nitrogens with one attached hydrogen (secondary N) is 2. The zero-order valence-corrected chi connectivity index (χ0v) is 10.6. The molecule has 1 aromatic rings.